The van der Waals surface area contributed by atoms with Crippen molar-refractivity contribution in [1.29, 1.82) is 0 Å². The highest BCUT2D eigenvalue weighted by Gasteiger charge is 2.32. The molecular weight excluding hydrogens is 653 g/mol. The van der Waals surface area contributed by atoms with Crippen LogP contribution in [0.2, 0.25) is 0 Å². The van der Waals surface area contributed by atoms with Crippen LogP contribution in [0.4, 0.5) is 4.79 Å². The second-order valence-corrected chi connectivity index (χ2v) is 10.7. The number of allylic oxidation sites excluding steroid dienone is 1. The number of nitrogens with zero attached hydrogens (tertiary/aromatic N) is 2. The van der Waals surface area contributed by atoms with Crippen molar-refractivity contribution >= 4 is 46.7 Å². The van der Waals surface area contributed by atoms with Gasteiger partial charge in [-0.3, -0.25) is 4.79 Å². The van der Waals surface area contributed by atoms with Crippen LogP contribution in [-0.2, 0) is 14.3 Å². The molecule has 0 aliphatic carbocycles. The lowest BCUT2D eigenvalue weighted by molar-refractivity contribution is -0.139. The monoisotopic (exact) mass is 685 g/mol. The molecule has 11 nitrogen and oxygen atoms in total. The number of urea groups is 1. The molecule has 1 aliphatic heterocycles. The minimum atomic E-state index is -0.758. The summed E-state index contributed by atoms with van der Waals surface area (Å²) in [6, 6.07) is 13.9. The van der Waals surface area contributed by atoms with E-state index >= 15 is 0 Å². The van der Waals surface area contributed by atoms with Crippen LogP contribution in [0.3, 0.4) is 0 Å². The fraction of sp³-hybridized carbons (Fsp3) is 0.267. The molecule has 1 aromatic heterocycles. The summed E-state index contributed by atoms with van der Waals surface area (Å²) in [5.74, 6) is -0.376. The summed E-state index contributed by atoms with van der Waals surface area (Å²) in [6.45, 7) is 7.23. The van der Waals surface area contributed by atoms with Crippen LogP contribution >= 0.6 is 22.6 Å². The van der Waals surface area contributed by atoms with Crippen molar-refractivity contribution < 1.29 is 28.6 Å². The van der Waals surface area contributed by atoms with Gasteiger partial charge in [0, 0.05) is 31.9 Å². The van der Waals surface area contributed by atoms with Gasteiger partial charge in [0.05, 0.1) is 31.5 Å². The summed E-state index contributed by atoms with van der Waals surface area (Å²) in [5, 5.41) is 9.45. The van der Waals surface area contributed by atoms with Crippen LogP contribution in [0.25, 0.3) is 5.69 Å². The van der Waals surface area contributed by atoms with Gasteiger partial charge in [-0.25, -0.2) is 15.0 Å². The van der Waals surface area contributed by atoms with Crippen molar-refractivity contribution in [2.24, 2.45) is 5.10 Å². The second-order valence-electron chi connectivity index (χ2n) is 9.42. The number of carbonyl (C=O) groups excluding carboxylic acids is 3. The summed E-state index contributed by atoms with van der Waals surface area (Å²) in [7, 11) is 1.46. The molecule has 220 valence electrons. The zero-order valence-electron chi connectivity index (χ0n) is 23.9. The maximum Gasteiger partial charge on any atom is 0.338 e. The molecule has 3 N–H and O–H groups in total. The first kappa shape index (κ1) is 30.6. The molecule has 1 atom stereocenters. The number of aromatic nitrogens is 1. The van der Waals surface area contributed by atoms with E-state index < -0.39 is 23.9 Å². The summed E-state index contributed by atoms with van der Waals surface area (Å²) < 4.78 is 19.6. The Kier molecular flexibility index (Phi) is 9.88. The molecular formula is C30H32IN5O6. The number of nitrogens with one attached hydrogen (secondary N) is 3. The van der Waals surface area contributed by atoms with E-state index in [-0.39, 0.29) is 18.8 Å². The first-order chi connectivity index (χ1) is 20.1. The Morgan fingerprint density at radius 1 is 1.12 bits per heavy atom. The van der Waals surface area contributed by atoms with Gasteiger partial charge in [-0.2, -0.15) is 5.10 Å². The Hall–Kier alpha value is -4.33. The van der Waals surface area contributed by atoms with Gasteiger partial charge >= 0.3 is 12.0 Å². The summed E-state index contributed by atoms with van der Waals surface area (Å²) in [5.41, 5.74) is 7.72. The molecule has 4 rings (SSSR count). The van der Waals surface area contributed by atoms with Gasteiger partial charge in [0.1, 0.15) is 0 Å². The molecule has 0 saturated heterocycles. The quantitative estimate of drug-likeness (QED) is 0.125. The second kappa shape index (κ2) is 13.6. The van der Waals surface area contributed by atoms with Crippen molar-refractivity contribution in [2.75, 3.05) is 20.3 Å². The third kappa shape index (κ3) is 6.93. The highest BCUT2D eigenvalue weighted by atomic mass is 127. The van der Waals surface area contributed by atoms with E-state index in [0.717, 1.165) is 26.2 Å². The number of aryl methyl sites for hydroxylation is 1. The fourth-order valence-corrected chi connectivity index (χ4v) is 5.21. The number of methoxy groups -OCH3 is 1. The first-order valence-corrected chi connectivity index (χ1v) is 14.2. The molecule has 1 aliphatic rings. The molecule has 0 saturated carbocycles. The SMILES string of the molecule is CCOC(=O)C1=C(C)NC(=O)N[C@H]1c1ccc(OCC(=O)N/N=C\c2cc(C)n(-c3cccc(I)c3)c2C)c(OC)c1. The number of esters is 1. The van der Waals surface area contributed by atoms with E-state index in [1.807, 2.05) is 38.1 Å². The van der Waals surface area contributed by atoms with E-state index in [1.165, 1.54) is 7.11 Å². The number of hydrogen-bond acceptors (Lipinski definition) is 7. The average Bonchev–Trinajstić information content (AvgIpc) is 3.23. The highest BCUT2D eigenvalue weighted by Crippen LogP contribution is 2.34. The van der Waals surface area contributed by atoms with Gasteiger partial charge in [0.15, 0.2) is 18.1 Å². The van der Waals surface area contributed by atoms with Crippen molar-refractivity contribution in [3.8, 4) is 17.2 Å². The largest absolute Gasteiger partial charge is 0.493 e. The summed E-state index contributed by atoms with van der Waals surface area (Å²) in [6.07, 6.45) is 1.60. The molecule has 0 radical (unpaired) electrons. The van der Waals surface area contributed by atoms with Crippen LogP contribution in [0, 0.1) is 17.4 Å². The molecule has 0 unspecified atom stereocenters. The van der Waals surface area contributed by atoms with Gasteiger partial charge < -0.3 is 29.4 Å². The predicted octanol–water partition coefficient (Wildman–Crippen LogP) is 4.43. The Balaban J connectivity index is 1.42. The van der Waals surface area contributed by atoms with Crippen LogP contribution in [-0.4, -0.2) is 49.0 Å². The average molecular weight is 686 g/mol. The molecule has 0 fully saturated rings. The molecule has 0 spiro atoms. The van der Waals surface area contributed by atoms with Crippen LogP contribution in [0.1, 0.15) is 42.4 Å². The molecule has 12 heteroatoms. The van der Waals surface area contributed by atoms with Crippen molar-refractivity contribution in [1.82, 2.24) is 20.6 Å². The van der Waals surface area contributed by atoms with Gasteiger partial charge in [-0.15, -0.1) is 0 Å². The van der Waals surface area contributed by atoms with E-state index in [2.05, 4.69) is 54.4 Å². The Morgan fingerprint density at radius 2 is 1.90 bits per heavy atom. The normalized spacial score (nSPS) is 14.8. The number of benzene rings is 2. The fourth-order valence-electron chi connectivity index (χ4n) is 4.69. The number of carbonyl (C=O) groups is 3. The minimum absolute atomic E-state index is 0.192. The van der Waals surface area contributed by atoms with Crippen LogP contribution < -0.4 is 25.5 Å². The zero-order chi connectivity index (χ0) is 30.4. The van der Waals surface area contributed by atoms with E-state index in [1.54, 1.807) is 38.3 Å². The van der Waals surface area contributed by atoms with E-state index in [0.29, 0.717) is 22.8 Å². The van der Waals surface area contributed by atoms with Crippen molar-refractivity contribution in [3.63, 3.8) is 0 Å². The molecule has 2 heterocycles. The lowest BCUT2D eigenvalue weighted by Gasteiger charge is -2.28. The minimum Gasteiger partial charge on any atom is -0.493 e. The summed E-state index contributed by atoms with van der Waals surface area (Å²) in [4.78, 5) is 37.2. The van der Waals surface area contributed by atoms with Crippen molar-refractivity contribution in [2.45, 2.75) is 33.7 Å². The number of halogens is 1. The standard InChI is InChI=1S/C30H32IN5O6/c1-6-41-29(38)27-18(3)33-30(39)34-28(27)20-10-11-24(25(13-20)40-5)42-16-26(37)35-32-15-21-12-17(2)36(19(21)4)23-9-7-8-22(31)14-23/h7-15,28H,6,16H2,1-5H3,(H,35,37)(H2,33,34,39)/b32-15-/t28-/m0/s1. The predicted molar refractivity (Wildman–Crippen MR) is 166 cm³/mol. The number of hydrazone groups is 1. The van der Waals surface area contributed by atoms with E-state index in [4.69, 9.17) is 14.2 Å². The molecule has 3 aromatic rings. The number of amides is 3. The molecule has 3 amide bonds. The smallest absolute Gasteiger partial charge is 0.338 e. The third-order valence-electron chi connectivity index (χ3n) is 6.57. The van der Waals surface area contributed by atoms with Gasteiger partial charge in [-0.1, -0.05) is 12.1 Å². The molecule has 42 heavy (non-hydrogen) atoms. The van der Waals surface area contributed by atoms with Gasteiger partial charge in [-0.05, 0) is 92.2 Å². The zero-order valence-corrected chi connectivity index (χ0v) is 26.1. The molecule has 0 bridgehead atoms. The number of hydrogen-bond donors (Lipinski definition) is 3. The highest BCUT2D eigenvalue weighted by molar-refractivity contribution is 14.1. The Bertz CT molecular complexity index is 1580. The van der Waals surface area contributed by atoms with Crippen LogP contribution in [0.5, 0.6) is 11.5 Å². The van der Waals surface area contributed by atoms with Crippen molar-refractivity contribution in [3.05, 3.63) is 85.9 Å². The molecule has 2 aromatic carbocycles. The maximum atomic E-state index is 12.6. The Morgan fingerprint density at radius 3 is 2.62 bits per heavy atom. The first-order valence-electron chi connectivity index (χ1n) is 13.2. The van der Waals surface area contributed by atoms with Gasteiger partial charge in [0.25, 0.3) is 5.91 Å². The van der Waals surface area contributed by atoms with E-state index in [9.17, 15) is 14.4 Å². The lowest BCUT2D eigenvalue weighted by Crippen LogP contribution is -2.45. The third-order valence-corrected chi connectivity index (χ3v) is 7.24. The van der Waals surface area contributed by atoms with Gasteiger partial charge in [0.2, 0.25) is 0 Å². The summed E-state index contributed by atoms with van der Waals surface area (Å²) >= 11 is 2.28. The Labute approximate surface area is 257 Å². The lowest BCUT2D eigenvalue weighted by atomic mass is 9.95. The number of rotatable bonds is 10. The maximum absolute atomic E-state index is 12.6. The van der Waals surface area contributed by atoms with Crippen LogP contribution in [0.15, 0.2) is 64.9 Å². The topological polar surface area (TPSA) is 132 Å². The number of ether oxygens (including phenoxy) is 3.